The third-order valence-electron chi connectivity index (χ3n) is 6.07. The van der Waals surface area contributed by atoms with Crippen LogP contribution in [-0.2, 0) is 4.79 Å². The Labute approximate surface area is 212 Å². The van der Waals surface area contributed by atoms with E-state index in [9.17, 15) is 9.59 Å². The number of benzene rings is 2. The minimum absolute atomic E-state index is 0.0490. The van der Waals surface area contributed by atoms with Crippen molar-refractivity contribution in [2.45, 2.75) is 6.92 Å². The Kier molecular flexibility index (Phi) is 7.99. The highest BCUT2D eigenvalue weighted by atomic mass is 16.2. The summed E-state index contributed by atoms with van der Waals surface area (Å²) < 4.78 is 0. The van der Waals surface area contributed by atoms with E-state index in [0.717, 1.165) is 17.1 Å². The van der Waals surface area contributed by atoms with Crippen LogP contribution < -0.4 is 20.4 Å². The van der Waals surface area contributed by atoms with Crippen molar-refractivity contribution in [2.24, 2.45) is 0 Å². The number of carbonyl (C=O) groups is 2. The molecule has 3 aromatic rings. The molecule has 1 fully saturated rings. The smallest absolute Gasteiger partial charge is 0.253 e. The summed E-state index contributed by atoms with van der Waals surface area (Å²) in [5.74, 6) is 2.13. The van der Waals surface area contributed by atoms with E-state index in [4.69, 9.17) is 4.98 Å². The summed E-state index contributed by atoms with van der Waals surface area (Å²) >= 11 is 0. The maximum absolute atomic E-state index is 13.0. The van der Waals surface area contributed by atoms with Crippen LogP contribution >= 0.6 is 0 Å². The average Bonchev–Trinajstić information content (AvgIpc) is 2.91. The van der Waals surface area contributed by atoms with Gasteiger partial charge in [0.1, 0.15) is 11.6 Å². The first-order chi connectivity index (χ1) is 17.4. The Hall–Kier alpha value is -4.14. The van der Waals surface area contributed by atoms with Crippen molar-refractivity contribution in [2.75, 3.05) is 68.5 Å². The molecule has 188 valence electrons. The molecule has 0 saturated carbocycles. The summed E-state index contributed by atoms with van der Waals surface area (Å²) in [5, 5.41) is 6.07. The van der Waals surface area contributed by atoms with Gasteiger partial charge in [-0.1, -0.05) is 30.3 Å². The largest absolute Gasteiger partial charge is 0.378 e. The maximum atomic E-state index is 13.0. The molecule has 2 heterocycles. The van der Waals surface area contributed by atoms with Crippen LogP contribution in [0.25, 0.3) is 11.4 Å². The molecule has 0 atom stereocenters. The van der Waals surface area contributed by atoms with Gasteiger partial charge in [-0.15, -0.1) is 0 Å². The summed E-state index contributed by atoms with van der Waals surface area (Å²) in [6.45, 7) is 5.15. The van der Waals surface area contributed by atoms with Crippen LogP contribution in [0.1, 0.15) is 17.3 Å². The summed E-state index contributed by atoms with van der Waals surface area (Å²) in [7, 11) is 3.96. The number of hydrogen-bond donors (Lipinski definition) is 2. The number of piperazine rings is 1. The second-order valence-corrected chi connectivity index (χ2v) is 8.93. The van der Waals surface area contributed by atoms with E-state index in [1.807, 2.05) is 84.6 Å². The number of aromatic nitrogens is 2. The fourth-order valence-corrected chi connectivity index (χ4v) is 4.06. The van der Waals surface area contributed by atoms with Crippen molar-refractivity contribution in [1.82, 2.24) is 20.2 Å². The molecule has 0 aliphatic carbocycles. The van der Waals surface area contributed by atoms with Gasteiger partial charge < -0.3 is 25.3 Å². The second-order valence-electron chi connectivity index (χ2n) is 8.93. The number of amides is 2. The van der Waals surface area contributed by atoms with E-state index < -0.39 is 0 Å². The highest BCUT2D eigenvalue weighted by molar-refractivity contribution is 5.94. The zero-order chi connectivity index (χ0) is 25.5. The molecule has 1 aromatic heterocycles. The van der Waals surface area contributed by atoms with Crippen LogP contribution in [0.3, 0.4) is 0 Å². The van der Waals surface area contributed by atoms with Gasteiger partial charge in [0, 0.05) is 83.2 Å². The van der Waals surface area contributed by atoms with Crippen molar-refractivity contribution < 1.29 is 9.59 Å². The van der Waals surface area contributed by atoms with Crippen molar-refractivity contribution in [3.05, 3.63) is 66.2 Å². The van der Waals surface area contributed by atoms with Gasteiger partial charge in [-0.25, -0.2) is 9.97 Å². The predicted molar refractivity (Wildman–Crippen MR) is 144 cm³/mol. The number of hydrogen-bond acceptors (Lipinski definition) is 7. The third-order valence-corrected chi connectivity index (χ3v) is 6.07. The molecule has 2 amide bonds. The lowest BCUT2D eigenvalue weighted by atomic mass is 10.1. The second kappa shape index (κ2) is 11.5. The summed E-state index contributed by atoms with van der Waals surface area (Å²) in [4.78, 5) is 39.8. The topological polar surface area (TPSA) is 93.7 Å². The van der Waals surface area contributed by atoms with Crippen LogP contribution in [0.5, 0.6) is 0 Å². The first-order valence-corrected chi connectivity index (χ1v) is 12.1. The minimum atomic E-state index is -0.0637. The minimum Gasteiger partial charge on any atom is -0.378 e. The maximum Gasteiger partial charge on any atom is 0.253 e. The van der Waals surface area contributed by atoms with Gasteiger partial charge in [-0.2, -0.15) is 0 Å². The fraction of sp³-hybridized carbons (Fsp3) is 0.333. The van der Waals surface area contributed by atoms with Crippen LogP contribution in [0, 0.1) is 0 Å². The number of rotatable bonds is 8. The van der Waals surface area contributed by atoms with E-state index in [0.29, 0.717) is 56.5 Å². The molecule has 1 saturated heterocycles. The molecule has 0 bridgehead atoms. The van der Waals surface area contributed by atoms with Crippen molar-refractivity contribution in [3.63, 3.8) is 0 Å². The standard InChI is InChI=1S/C27H33N7O2/c1-20(35)28-13-14-29-24-19-25(31-26(30-24)21-7-5-4-6-8-21)33-15-17-34(18-16-33)27(36)22-9-11-23(12-10-22)32(2)3/h4-12,19H,13-18H2,1-3H3,(H,28,35)(H,29,30,31). The fourth-order valence-electron chi connectivity index (χ4n) is 4.06. The third kappa shape index (κ3) is 6.29. The molecular weight excluding hydrogens is 454 g/mol. The SMILES string of the molecule is CC(=O)NCCNc1cc(N2CCN(C(=O)c3ccc(N(C)C)cc3)CC2)nc(-c2ccccc2)n1. The molecule has 0 spiro atoms. The van der Waals surface area contributed by atoms with Crippen LogP contribution in [0.2, 0.25) is 0 Å². The Bertz CT molecular complexity index is 1170. The Morgan fingerprint density at radius 2 is 1.61 bits per heavy atom. The lowest BCUT2D eigenvalue weighted by Crippen LogP contribution is -2.49. The number of anilines is 3. The Morgan fingerprint density at radius 3 is 2.25 bits per heavy atom. The molecule has 1 aliphatic rings. The van der Waals surface area contributed by atoms with Crippen LogP contribution in [-0.4, -0.2) is 80.0 Å². The first-order valence-electron chi connectivity index (χ1n) is 12.1. The summed E-state index contributed by atoms with van der Waals surface area (Å²) in [6.07, 6.45) is 0. The van der Waals surface area contributed by atoms with Crippen LogP contribution in [0.4, 0.5) is 17.3 Å². The van der Waals surface area contributed by atoms with E-state index in [1.54, 1.807) is 0 Å². The van der Waals surface area contributed by atoms with Gasteiger partial charge in [0.15, 0.2) is 5.82 Å². The molecule has 9 nitrogen and oxygen atoms in total. The Morgan fingerprint density at radius 1 is 0.917 bits per heavy atom. The van der Waals surface area contributed by atoms with Gasteiger partial charge in [0.25, 0.3) is 5.91 Å². The molecule has 2 aromatic carbocycles. The normalized spacial score (nSPS) is 13.3. The van der Waals surface area contributed by atoms with Gasteiger partial charge in [-0.05, 0) is 24.3 Å². The average molecular weight is 488 g/mol. The molecule has 0 unspecified atom stereocenters. The number of carbonyl (C=O) groups excluding carboxylic acids is 2. The van der Waals surface area contributed by atoms with E-state index in [-0.39, 0.29) is 11.8 Å². The zero-order valence-corrected chi connectivity index (χ0v) is 21.1. The Balaban J connectivity index is 1.46. The van der Waals surface area contributed by atoms with E-state index in [2.05, 4.69) is 20.5 Å². The van der Waals surface area contributed by atoms with Crippen LogP contribution in [0.15, 0.2) is 60.7 Å². The van der Waals surface area contributed by atoms with Crippen molar-refractivity contribution in [1.29, 1.82) is 0 Å². The molecule has 1 aliphatic heterocycles. The molecule has 0 radical (unpaired) electrons. The number of nitrogens with one attached hydrogen (secondary N) is 2. The quantitative estimate of drug-likeness (QED) is 0.472. The van der Waals surface area contributed by atoms with Gasteiger partial charge >= 0.3 is 0 Å². The number of nitrogens with zero attached hydrogens (tertiary/aromatic N) is 5. The summed E-state index contributed by atoms with van der Waals surface area (Å²) in [5.41, 5.74) is 2.70. The van der Waals surface area contributed by atoms with Gasteiger partial charge in [0.2, 0.25) is 5.91 Å². The van der Waals surface area contributed by atoms with Crippen molar-refractivity contribution >= 4 is 29.1 Å². The lowest BCUT2D eigenvalue weighted by molar-refractivity contribution is -0.118. The molecule has 36 heavy (non-hydrogen) atoms. The molecule has 2 N–H and O–H groups in total. The first kappa shape index (κ1) is 25.0. The zero-order valence-electron chi connectivity index (χ0n) is 21.1. The predicted octanol–water partition coefficient (Wildman–Crippen LogP) is 2.72. The van der Waals surface area contributed by atoms with Gasteiger partial charge in [-0.3, -0.25) is 9.59 Å². The highest BCUT2D eigenvalue weighted by Crippen LogP contribution is 2.24. The van der Waals surface area contributed by atoms with E-state index in [1.165, 1.54) is 6.92 Å². The highest BCUT2D eigenvalue weighted by Gasteiger charge is 2.24. The summed E-state index contributed by atoms with van der Waals surface area (Å²) in [6, 6.07) is 19.5. The van der Waals surface area contributed by atoms with Crippen molar-refractivity contribution in [3.8, 4) is 11.4 Å². The molecule has 9 heteroatoms. The lowest BCUT2D eigenvalue weighted by Gasteiger charge is -2.35. The van der Waals surface area contributed by atoms with E-state index >= 15 is 0 Å². The molecular formula is C27H33N7O2. The molecule has 4 rings (SSSR count). The monoisotopic (exact) mass is 487 g/mol. The van der Waals surface area contributed by atoms with Gasteiger partial charge in [0.05, 0.1) is 0 Å².